The molecule has 0 saturated heterocycles. The van der Waals surface area contributed by atoms with Crippen molar-refractivity contribution in [1.29, 1.82) is 0 Å². The SMILES string of the molecule is CC(C)[C@@H](N)c1ccc2c(c1)OCCO2. The second-order valence-electron chi connectivity index (χ2n) is 4.17. The van der Waals surface area contributed by atoms with Crippen LogP contribution in [0.4, 0.5) is 0 Å². The Bertz CT molecular complexity index is 349. The normalized spacial score (nSPS) is 16.5. The summed E-state index contributed by atoms with van der Waals surface area (Å²) in [7, 11) is 0. The largest absolute Gasteiger partial charge is 0.486 e. The minimum absolute atomic E-state index is 0.0563. The molecule has 0 saturated carbocycles. The first-order valence-corrected chi connectivity index (χ1v) is 5.33. The molecule has 1 aromatic carbocycles. The van der Waals surface area contributed by atoms with Crippen molar-refractivity contribution >= 4 is 0 Å². The fourth-order valence-electron chi connectivity index (χ4n) is 1.65. The Balaban J connectivity index is 2.27. The second kappa shape index (κ2) is 4.11. The first-order valence-electron chi connectivity index (χ1n) is 5.33. The van der Waals surface area contributed by atoms with Gasteiger partial charge in [-0.05, 0) is 23.6 Å². The Morgan fingerprint density at radius 3 is 2.47 bits per heavy atom. The van der Waals surface area contributed by atoms with Crippen LogP contribution in [0, 0.1) is 5.92 Å². The molecule has 1 aromatic rings. The summed E-state index contributed by atoms with van der Waals surface area (Å²) in [5.41, 5.74) is 7.18. The highest BCUT2D eigenvalue weighted by Crippen LogP contribution is 2.33. The fraction of sp³-hybridized carbons (Fsp3) is 0.500. The molecule has 0 unspecified atom stereocenters. The van der Waals surface area contributed by atoms with Crippen molar-refractivity contribution in [2.24, 2.45) is 11.7 Å². The van der Waals surface area contributed by atoms with Gasteiger partial charge in [0.2, 0.25) is 0 Å². The van der Waals surface area contributed by atoms with Crippen LogP contribution in [0.2, 0.25) is 0 Å². The molecular weight excluding hydrogens is 190 g/mol. The number of ether oxygens (including phenoxy) is 2. The third-order valence-corrected chi connectivity index (χ3v) is 2.67. The average molecular weight is 207 g/mol. The van der Waals surface area contributed by atoms with Crippen LogP contribution < -0.4 is 15.2 Å². The van der Waals surface area contributed by atoms with E-state index < -0.39 is 0 Å². The summed E-state index contributed by atoms with van der Waals surface area (Å²) < 4.78 is 11.0. The molecule has 15 heavy (non-hydrogen) atoms. The van der Waals surface area contributed by atoms with Crippen LogP contribution >= 0.6 is 0 Å². The molecule has 1 aliphatic rings. The van der Waals surface area contributed by atoms with Crippen LogP contribution in [-0.4, -0.2) is 13.2 Å². The molecule has 0 fully saturated rings. The van der Waals surface area contributed by atoms with Gasteiger partial charge in [0.15, 0.2) is 11.5 Å². The maximum atomic E-state index is 6.07. The molecule has 1 atom stereocenters. The van der Waals surface area contributed by atoms with Crippen LogP contribution in [0.1, 0.15) is 25.5 Å². The van der Waals surface area contributed by atoms with Gasteiger partial charge >= 0.3 is 0 Å². The van der Waals surface area contributed by atoms with Gasteiger partial charge in [0.25, 0.3) is 0 Å². The maximum absolute atomic E-state index is 6.07. The zero-order valence-electron chi connectivity index (χ0n) is 9.19. The van der Waals surface area contributed by atoms with Crippen molar-refractivity contribution in [1.82, 2.24) is 0 Å². The number of benzene rings is 1. The molecule has 0 bridgehead atoms. The highest BCUT2D eigenvalue weighted by molar-refractivity contribution is 5.44. The van der Waals surface area contributed by atoms with E-state index in [2.05, 4.69) is 13.8 Å². The van der Waals surface area contributed by atoms with Crippen molar-refractivity contribution in [3.05, 3.63) is 23.8 Å². The standard InChI is InChI=1S/C12H17NO2/c1-8(2)12(13)9-3-4-10-11(7-9)15-6-5-14-10/h3-4,7-8,12H,5-6,13H2,1-2H3/t12-/m1/s1. The third kappa shape index (κ3) is 2.07. The van der Waals surface area contributed by atoms with Crippen LogP contribution in [0.3, 0.4) is 0 Å². The van der Waals surface area contributed by atoms with E-state index in [1.165, 1.54) is 0 Å². The van der Waals surface area contributed by atoms with E-state index in [4.69, 9.17) is 15.2 Å². The van der Waals surface area contributed by atoms with Crippen LogP contribution in [-0.2, 0) is 0 Å². The summed E-state index contributed by atoms with van der Waals surface area (Å²) in [4.78, 5) is 0. The Morgan fingerprint density at radius 2 is 1.80 bits per heavy atom. The smallest absolute Gasteiger partial charge is 0.161 e. The molecule has 1 heterocycles. The van der Waals surface area contributed by atoms with E-state index in [1.807, 2.05) is 18.2 Å². The molecule has 0 radical (unpaired) electrons. The van der Waals surface area contributed by atoms with Crippen molar-refractivity contribution in [3.63, 3.8) is 0 Å². The van der Waals surface area contributed by atoms with E-state index in [-0.39, 0.29) is 6.04 Å². The molecule has 1 aliphatic heterocycles. The lowest BCUT2D eigenvalue weighted by Gasteiger charge is -2.21. The summed E-state index contributed by atoms with van der Waals surface area (Å²) in [5, 5.41) is 0. The molecule has 3 heteroatoms. The lowest BCUT2D eigenvalue weighted by atomic mass is 9.97. The Morgan fingerprint density at radius 1 is 1.13 bits per heavy atom. The molecule has 0 spiro atoms. The molecule has 3 nitrogen and oxygen atoms in total. The van der Waals surface area contributed by atoms with Crippen molar-refractivity contribution in [3.8, 4) is 11.5 Å². The van der Waals surface area contributed by atoms with Crippen molar-refractivity contribution in [2.45, 2.75) is 19.9 Å². The molecule has 2 rings (SSSR count). The fourth-order valence-corrected chi connectivity index (χ4v) is 1.65. The highest BCUT2D eigenvalue weighted by Gasteiger charge is 2.16. The predicted molar refractivity (Wildman–Crippen MR) is 59.2 cm³/mol. The minimum Gasteiger partial charge on any atom is -0.486 e. The summed E-state index contributed by atoms with van der Waals surface area (Å²) in [6, 6.07) is 5.99. The zero-order valence-corrected chi connectivity index (χ0v) is 9.19. The highest BCUT2D eigenvalue weighted by atomic mass is 16.6. The summed E-state index contributed by atoms with van der Waals surface area (Å²) >= 11 is 0. The average Bonchev–Trinajstić information content (AvgIpc) is 2.27. The van der Waals surface area contributed by atoms with Gasteiger partial charge < -0.3 is 15.2 Å². The molecule has 0 aromatic heterocycles. The molecule has 0 aliphatic carbocycles. The number of hydrogen-bond donors (Lipinski definition) is 1. The first kappa shape index (κ1) is 10.3. The quantitative estimate of drug-likeness (QED) is 0.807. The van der Waals surface area contributed by atoms with E-state index in [0.717, 1.165) is 17.1 Å². The molecular formula is C12H17NO2. The van der Waals surface area contributed by atoms with Gasteiger partial charge in [-0.3, -0.25) is 0 Å². The van der Waals surface area contributed by atoms with Gasteiger partial charge in [-0.1, -0.05) is 19.9 Å². The lowest BCUT2D eigenvalue weighted by Crippen LogP contribution is -2.19. The number of hydrogen-bond acceptors (Lipinski definition) is 3. The molecule has 0 amide bonds. The summed E-state index contributed by atoms with van der Waals surface area (Å²) in [6.45, 7) is 5.47. The second-order valence-corrected chi connectivity index (χ2v) is 4.17. The van der Waals surface area contributed by atoms with E-state index in [0.29, 0.717) is 19.1 Å². The van der Waals surface area contributed by atoms with Gasteiger partial charge in [-0.25, -0.2) is 0 Å². The van der Waals surface area contributed by atoms with Crippen molar-refractivity contribution in [2.75, 3.05) is 13.2 Å². The topological polar surface area (TPSA) is 44.5 Å². The van der Waals surface area contributed by atoms with Gasteiger partial charge in [0, 0.05) is 6.04 Å². The van der Waals surface area contributed by atoms with Crippen molar-refractivity contribution < 1.29 is 9.47 Å². The number of fused-ring (bicyclic) bond motifs is 1. The van der Waals surface area contributed by atoms with E-state index in [1.54, 1.807) is 0 Å². The summed E-state index contributed by atoms with van der Waals surface area (Å²) in [5.74, 6) is 2.06. The predicted octanol–water partition coefficient (Wildman–Crippen LogP) is 2.11. The summed E-state index contributed by atoms with van der Waals surface area (Å²) in [6.07, 6.45) is 0. The van der Waals surface area contributed by atoms with Gasteiger partial charge in [0.05, 0.1) is 0 Å². The number of rotatable bonds is 2. The third-order valence-electron chi connectivity index (χ3n) is 2.67. The molecule has 82 valence electrons. The van der Waals surface area contributed by atoms with E-state index in [9.17, 15) is 0 Å². The Hall–Kier alpha value is -1.22. The maximum Gasteiger partial charge on any atom is 0.161 e. The van der Waals surface area contributed by atoms with Crippen LogP contribution in [0.25, 0.3) is 0 Å². The Labute approximate surface area is 90.2 Å². The van der Waals surface area contributed by atoms with Gasteiger partial charge in [-0.2, -0.15) is 0 Å². The molecule has 2 N–H and O–H groups in total. The Kier molecular flexibility index (Phi) is 2.82. The zero-order chi connectivity index (χ0) is 10.8. The first-order chi connectivity index (χ1) is 7.18. The minimum atomic E-state index is 0.0563. The van der Waals surface area contributed by atoms with Crippen LogP contribution in [0.5, 0.6) is 11.5 Å². The monoisotopic (exact) mass is 207 g/mol. The van der Waals surface area contributed by atoms with Gasteiger partial charge in [0.1, 0.15) is 13.2 Å². The van der Waals surface area contributed by atoms with Crippen LogP contribution in [0.15, 0.2) is 18.2 Å². The van der Waals surface area contributed by atoms with E-state index >= 15 is 0 Å². The lowest BCUT2D eigenvalue weighted by molar-refractivity contribution is 0.171. The number of nitrogens with two attached hydrogens (primary N) is 1. The van der Waals surface area contributed by atoms with Gasteiger partial charge in [-0.15, -0.1) is 0 Å².